The number of furan rings is 1. The molecule has 0 saturated carbocycles. The van der Waals surface area contributed by atoms with E-state index in [9.17, 15) is 5.11 Å². The Labute approximate surface area is 140 Å². The van der Waals surface area contributed by atoms with Crippen LogP contribution in [0.1, 0.15) is 19.1 Å². The lowest BCUT2D eigenvalue weighted by Gasteiger charge is -2.16. The van der Waals surface area contributed by atoms with Crippen LogP contribution in [0.2, 0.25) is 0 Å². The van der Waals surface area contributed by atoms with Crippen LogP contribution in [-0.4, -0.2) is 37.3 Å². The first kappa shape index (κ1) is 16.3. The number of hydrogen-bond acceptors (Lipinski definition) is 5. The van der Waals surface area contributed by atoms with Gasteiger partial charge in [0, 0.05) is 36.6 Å². The van der Waals surface area contributed by atoms with Crippen LogP contribution in [-0.2, 0) is 13.1 Å². The minimum absolute atomic E-state index is 0.0435. The molecule has 1 atom stereocenters. The van der Waals surface area contributed by atoms with Crippen LogP contribution in [0.25, 0.3) is 11.3 Å². The molecule has 0 aromatic carbocycles. The third-order valence-electron chi connectivity index (χ3n) is 3.97. The van der Waals surface area contributed by atoms with Crippen LogP contribution in [0.5, 0.6) is 0 Å². The molecule has 128 valence electrons. The molecule has 0 aliphatic heterocycles. The van der Waals surface area contributed by atoms with Crippen LogP contribution < -0.4 is 5.32 Å². The molecule has 0 saturated heterocycles. The Kier molecular flexibility index (Phi) is 5.00. The molecule has 0 amide bonds. The minimum atomic E-state index is 0.0435. The zero-order chi connectivity index (χ0) is 16.9. The third kappa shape index (κ3) is 3.68. The van der Waals surface area contributed by atoms with Gasteiger partial charge in [0.2, 0.25) is 0 Å². The number of aromatic nitrogens is 4. The number of anilines is 1. The number of aryl methyl sites for hydroxylation is 2. The van der Waals surface area contributed by atoms with Crippen LogP contribution >= 0.6 is 0 Å². The first-order valence-corrected chi connectivity index (χ1v) is 8.14. The van der Waals surface area contributed by atoms with E-state index in [1.54, 1.807) is 17.1 Å². The molecule has 0 radical (unpaired) electrons. The van der Waals surface area contributed by atoms with Crippen molar-refractivity contribution in [3.05, 3.63) is 42.6 Å². The van der Waals surface area contributed by atoms with E-state index >= 15 is 0 Å². The maximum atomic E-state index is 9.28. The summed E-state index contributed by atoms with van der Waals surface area (Å²) in [4.78, 5) is 0. The molecule has 2 N–H and O–H groups in total. The Morgan fingerprint density at radius 1 is 1.38 bits per heavy atom. The van der Waals surface area contributed by atoms with Gasteiger partial charge in [-0.1, -0.05) is 0 Å². The standard InChI is InChI=1S/C17H23N5O2/c1-13(4-8-21-7-3-6-18-21)19-17-12-16(20-22(17)9-10-23)15-5-11-24-14(15)2/h3,5-7,11-13,19,23H,4,8-10H2,1-2H3. The molecule has 0 aliphatic rings. The van der Waals surface area contributed by atoms with E-state index in [-0.39, 0.29) is 12.6 Å². The van der Waals surface area contributed by atoms with Crippen molar-refractivity contribution in [3.8, 4) is 11.3 Å². The minimum Gasteiger partial charge on any atom is -0.469 e. The summed E-state index contributed by atoms with van der Waals surface area (Å²) in [6.07, 6.45) is 6.35. The fraction of sp³-hybridized carbons (Fsp3) is 0.412. The highest BCUT2D eigenvalue weighted by Crippen LogP contribution is 2.26. The lowest BCUT2D eigenvalue weighted by Crippen LogP contribution is -2.20. The Morgan fingerprint density at radius 2 is 2.25 bits per heavy atom. The monoisotopic (exact) mass is 329 g/mol. The molecule has 7 nitrogen and oxygen atoms in total. The van der Waals surface area contributed by atoms with Gasteiger partial charge in [0.1, 0.15) is 11.6 Å². The Hall–Kier alpha value is -2.54. The van der Waals surface area contributed by atoms with Crippen LogP contribution in [0.15, 0.2) is 41.3 Å². The highest BCUT2D eigenvalue weighted by molar-refractivity contribution is 5.64. The normalized spacial score (nSPS) is 12.5. The molecule has 3 heterocycles. The Morgan fingerprint density at radius 3 is 2.92 bits per heavy atom. The molecular weight excluding hydrogens is 306 g/mol. The quantitative estimate of drug-likeness (QED) is 0.664. The maximum Gasteiger partial charge on any atom is 0.125 e. The zero-order valence-corrected chi connectivity index (χ0v) is 14.0. The molecule has 24 heavy (non-hydrogen) atoms. The van der Waals surface area contributed by atoms with E-state index in [1.165, 1.54) is 0 Å². The summed E-state index contributed by atoms with van der Waals surface area (Å²) >= 11 is 0. The summed E-state index contributed by atoms with van der Waals surface area (Å²) in [5, 5.41) is 21.6. The van der Waals surface area contributed by atoms with Gasteiger partial charge in [0.25, 0.3) is 0 Å². The Balaban J connectivity index is 1.71. The van der Waals surface area contributed by atoms with Gasteiger partial charge >= 0.3 is 0 Å². The van der Waals surface area contributed by atoms with Crippen molar-refractivity contribution in [2.75, 3.05) is 11.9 Å². The second-order valence-corrected chi connectivity index (χ2v) is 5.86. The van der Waals surface area contributed by atoms with Crippen molar-refractivity contribution >= 4 is 5.82 Å². The highest BCUT2D eigenvalue weighted by atomic mass is 16.3. The van der Waals surface area contributed by atoms with Crippen LogP contribution in [0.3, 0.4) is 0 Å². The van der Waals surface area contributed by atoms with E-state index in [2.05, 4.69) is 22.4 Å². The van der Waals surface area contributed by atoms with Gasteiger partial charge in [-0.05, 0) is 32.4 Å². The fourth-order valence-electron chi connectivity index (χ4n) is 2.66. The maximum absolute atomic E-state index is 9.28. The van der Waals surface area contributed by atoms with E-state index in [0.29, 0.717) is 6.54 Å². The molecule has 0 fully saturated rings. The molecule has 0 aliphatic carbocycles. The smallest absolute Gasteiger partial charge is 0.125 e. The first-order chi connectivity index (χ1) is 11.7. The van der Waals surface area contributed by atoms with Crippen molar-refractivity contribution in [1.82, 2.24) is 19.6 Å². The fourth-order valence-corrected chi connectivity index (χ4v) is 2.66. The molecule has 3 aromatic rings. The van der Waals surface area contributed by atoms with Gasteiger partial charge in [-0.25, -0.2) is 4.68 Å². The van der Waals surface area contributed by atoms with Crippen molar-refractivity contribution in [1.29, 1.82) is 0 Å². The van der Waals surface area contributed by atoms with Crippen molar-refractivity contribution in [2.24, 2.45) is 0 Å². The number of nitrogens with zero attached hydrogens (tertiary/aromatic N) is 4. The molecular formula is C17H23N5O2. The van der Waals surface area contributed by atoms with Gasteiger partial charge < -0.3 is 14.8 Å². The summed E-state index contributed by atoms with van der Waals surface area (Å²) in [7, 11) is 0. The van der Waals surface area contributed by atoms with E-state index < -0.39 is 0 Å². The lowest BCUT2D eigenvalue weighted by atomic mass is 10.2. The number of aliphatic hydroxyl groups is 1. The number of hydrogen-bond donors (Lipinski definition) is 2. The van der Waals surface area contributed by atoms with Gasteiger partial charge in [-0.15, -0.1) is 0 Å². The molecule has 1 unspecified atom stereocenters. The molecule has 3 aromatic heterocycles. The predicted octanol–water partition coefficient (Wildman–Crippen LogP) is 2.53. The summed E-state index contributed by atoms with van der Waals surface area (Å²) < 4.78 is 9.08. The first-order valence-electron chi connectivity index (χ1n) is 8.14. The number of aliphatic hydroxyl groups excluding tert-OH is 1. The Bertz CT molecular complexity index is 760. The van der Waals surface area contributed by atoms with Gasteiger partial charge in [0.15, 0.2) is 0 Å². The lowest BCUT2D eigenvalue weighted by molar-refractivity contribution is 0.270. The van der Waals surface area contributed by atoms with E-state index in [1.807, 2.05) is 36.0 Å². The van der Waals surface area contributed by atoms with E-state index in [4.69, 9.17) is 4.42 Å². The number of nitrogens with one attached hydrogen (secondary N) is 1. The van der Waals surface area contributed by atoms with Gasteiger partial charge in [-0.2, -0.15) is 10.2 Å². The predicted molar refractivity (Wildman–Crippen MR) is 91.7 cm³/mol. The molecule has 7 heteroatoms. The SMILES string of the molecule is Cc1occc1-c1cc(NC(C)CCn2cccn2)n(CCO)n1. The molecule has 0 spiro atoms. The molecule has 0 bridgehead atoms. The number of rotatable bonds is 8. The zero-order valence-electron chi connectivity index (χ0n) is 14.0. The topological polar surface area (TPSA) is 81.0 Å². The van der Waals surface area contributed by atoms with Gasteiger partial charge in [-0.3, -0.25) is 4.68 Å². The second-order valence-electron chi connectivity index (χ2n) is 5.86. The van der Waals surface area contributed by atoms with E-state index in [0.717, 1.165) is 35.8 Å². The van der Waals surface area contributed by atoms with Crippen LogP contribution in [0, 0.1) is 6.92 Å². The van der Waals surface area contributed by atoms with Crippen LogP contribution in [0.4, 0.5) is 5.82 Å². The average molecular weight is 329 g/mol. The van der Waals surface area contributed by atoms with Gasteiger partial charge in [0.05, 0.1) is 25.1 Å². The molecule has 3 rings (SSSR count). The summed E-state index contributed by atoms with van der Waals surface area (Å²) in [6, 6.07) is 6.08. The summed E-state index contributed by atoms with van der Waals surface area (Å²) in [5.41, 5.74) is 1.82. The van der Waals surface area contributed by atoms with Crippen molar-refractivity contribution in [3.63, 3.8) is 0 Å². The van der Waals surface area contributed by atoms with Crippen molar-refractivity contribution in [2.45, 2.75) is 39.4 Å². The highest BCUT2D eigenvalue weighted by Gasteiger charge is 2.14. The summed E-state index contributed by atoms with van der Waals surface area (Å²) in [5.74, 6) is 1.73. The average Bonchev–Trinajstić information content (AvgIpc) is 3.28. The third-order valence-corrected chi connectivity index (χ3v) is 3.97. The van der Waals surface area contributed by atoms with Crippen molar-refractivity contribution < 1.29 is 9.52 Å². The summed E-state index contributed by atoms with van der Waals surface area (Å²) in [6.45, 7) is 5.39. The second kappa shape index (κ2) is 7.35. The largest absolute Gasteiger partial charge is 0.469 e.